The van der Waals surface area contributed by atoms with Gasteiger partial charge in [-0.3, -0.25) is 4.68 Å². The summed E-state index contributed by atoms with van der Waals surface area (Å²) in [6, 6.07) is 44.8. The van der Waals surface area contributed by atoms with Crippen molar-refractivity contribution in [3.05, 3.63) is 167 Å². The predicted octanol–water partition coefficient (Wildman–Crippen LogP) is 8.36. The van der Waals surface area contributed by atoms with Crippen molar-refractivity contribution in [2.75, 3.05) is 0 Å². The summed E-state index contributed by atoms with van der Waals surface area (Å²) in [6.07, 6.45) is 2.07. The van der Waals surface area contributed by atoms with Gasteiger partial charge >= 0.3 is 13.1 Å². The van der Waals surface area contributed by atoms with Crippen molar-refractivity contribution < 1.29 is 19.2 Å². The molecule has 0 atom stereocenters. The van der Waals surface area contributed by atoms with E-state index in [0.717, 1.165) is 44.5 Å². The molecule has 49 heavy (non-hydrogen) atoms. The molecule has 6 aromatic rings. The Morgan fingerprint density at radius 3 is 1.61 bits per heavy atom. The first-order valence-corrected chi connectivity index (χ1v) is 16.6. The van der Waals surface area contributed by atoms with Crippen LogP contribution < -0.4 is 5.46 Å². The molecule has 1 aromatic heterocycles. The Morgan fingerprint density at radius 1 is 0.673 bits per heavy atom. The number of aromatic carboxylic acids is 1. The number of carbonyl (C=O) groups is 1. The van der Waals surface area contributed by atoms with E-state index in [9.17, 15) is 9.90 Å². The molecule has 1 aliphatic heterocycles. The van der Waals surface area contributed by atoms with Crippen molar-refractivity contribution in [1.82, 2.24) is 9.78 Å². The third-order valence-corrected chi connectivity index (χ3v) is 10.1. The highest BCUT2D eigenvalue weighted by Crippen LogP contribution is 2.42. The van der Waals surface area contributed by atoms with Gasteiger partial charge in [-0.25, -0.2) is 4.79 Å². The molecule has 5 aromatic carbocycles. The minimum atomic E-state index is -0.946. The number of hydrogen-bond acceptors (Lipinski definition) is 4. The first-order valence-electron chi connectivity index (χ1n) is 16.6. The quantitative estimate of drug-likeness (QED) is 0.133. The lowest BCUT2D eigenvalue weighted by molar-refractivity contribution is 0.00578. The molecule has 1 N–H and O–H groups in total. The Balaban J connectivity index is 1.47. The molecule has 6 nitrogen and oxygen atoms in total. The van der Waals surface area contributed by atoms with E-state index < -0.39 is 29.8 Å². The largest absolute Gasteiger partial charge is 0.498 e. The Hall–Kier alpha value is -5.24. The van der Waals surface area contributed by atoms with Crippen molar-refractivity contribution in [3.8, 4) is 22.4 Å². The Bertz CT molecular complexity index is 2000. The molecular weight excluding hydrogens is 607 g/mol. The van der Waals surface area contributed by atoms with Gasteiger partial charge in [0.25, 0.3) is 0 Å². The summed E-state index contributed by atoms with van der Waals surface area (Å²) in [7, 11) is -0.677. The minimum Gasteiger partial charge on any atom is -0.478 e. The summed E-state index contributed by atoms with van der Waals surface area (Å²) in [5.74, 6) is -0.946. The molecule has 0 unspecified atom stereocenters. The lowest BCUT2D eigenvalue weighted by atomic mass is 9.76. The fourth-order valence-corrected chi connectivity index (χ4v) is 6.86. The molecule has 0 aliphatic carbocycles. The van der Waals surface area contributed by atoms with Gasteiger partial charge in [0.15, 0.2) is 0 Å². The fourth-order valence-electron chi connectivity index (χ4n) is 6.86. The van der Waals surface area contributed by atoms with Gasteiger partial charge in [0, 0.05) is 17.2 Å². The zero-order valence-electron chi connectivity index (χ0n) is 28.4. The monoisotopic (exact) mass is 646 g/mol. The van der Waals surface area contributed by atoms with Crippen LogP contribution in [0.5, 0.6) is 0 Å². The van der Waals surface area contributed by atoms with E-state index in [0.29, 0.717) is 11.1 Å². The highest BCUT2D eigenvalue weighted by Gasteiger charge is 2.53. The van der Waals surface area contributed by atoms with Crippen LogP contribution in [0.2, 0.25) is 0 Å². The normalized spacial score (nSPS) is 15.3. The summed E-state index contributed by atoms with van der Waals surface area (Å²) < 4.78 is 15.4. The van der Waals surface area contributed by atoms with Gasteiger partial charge in [-0.2, -0.15) is 5.10 Å². The van der Waals surface area contributed by atoms with E-state index in [-0.39, 0.29) is 0 Å². The Labute approximate surface area is 288 Å². The molecular formula is C42H39BN2O4. The van der Waals surface area contributed by atoms with Crippen LogP contribution in [0.1, 0.15) is 60.3 Å². The molecule has 1 fully saturated rings. The third kappa shape index (κ3) is 5.49. The number of aryl methyl sites for hydroxylation is 1. The SMILES string of the molecule is Cc1cccc(-c2ccc(-c3nn(C(c4ccccc4)(c4ccccc4)c4ccccc4)cc3B3OC(C)(C)C(C)(C)O3)cc2)c1C(=O)O. The number of carboxylic acid groups (broad SMARTS) is 1. The van der Waals surface area contributed by atoms with E-state index >= 15 is 0 Å². The van der Waals surface area contributed by atoms with E-state index in [1.165, 1.54) is 0 Å². The summed E-state index contributed by atoms with van der Waals surface area (Å²) >= 11 is 0. The Kier molecular flexibility index (Phi) is 8.14. The first kappa shape index (κ1) is 32.3. The standard InChI is InChI=1S/C42H39BN2O4/c1-29-16-15-23-35(37(29)39(46)47)30-24-26-31(27-25-30)38-36(43-48-40(2,3)41(4,5)49-43)28-45(44-38)42(32-17-9-6-10-18-32,33-19-11-7-12-20-33)34-21-13-8-14-22-34/h6-28H,1-5H3,(H,46,47). The number of carboxylic acids is 1. The number of aromatic nitrogens is 2. The van der Waals surface area contributed by atoms with Crippen molar-refractivity contribution in [3.63, 3.8) is 0 Å². The maximum Gasteiger partial charge on any atom is 0.498 e. The van der Waals surface area contributed by atoms with Gasteiger partial charge in [0.05, 0.1) is 22.5 Å². The predicted molar refractivity (Wildman–Crippen MR) is 195 cm³/mol. The minimum absolute atomic E-state index is 0.302. The number of hydrogen-bond donors (Lipinski definition) is 1. The van der Waals surface area contributed by atoms with Crippen LogP contribution in [0.3, 0.4) is 0 Å². The second kappa shape index (κ2) is 12.3. The topological polar surface area (TPSA) is 73.6 Å². The van der Waals surface area contributed by atoms with E-state index in [1.807, 2.05) is 67.6 Å². The molecule has 0 amide bonds. The average molecular weight is 647 g/mol. The van der Waals surface area contributed by atoms with Crippen LogP contribution in [0.25, 0.3) is 22.4 Å². The van der Waals surface area contributed by atoms with Gasteiger partial charge in [-0.1, -0.05) is 133 Å². The van der Waals surface area contributed by atoms with Crippen molar-refractivity contribution in [2.24, 2.45) is 0 Å². The average Bonchev–Trinajstić information content (AvgIpc) is 3.64. The lowest BCUT2D eigenvalue weighted by Gasteiger charge is -2.36. The van der Waals surface area contributed by atoms with Crippen molar-refractivity contribution in [1.29, 1.82) is 0 Å². The number of rotatable bonds is 8. The second-order valence-electron chi connectivity index (χ2n) is 13.7. The van der Waals surface area contributed by atoms with E-state index in [2.05, 4.69) is 111 Å². The maximum absolute atomic E-state index is 12.2. The van der Waals surface area contributed by atoms with Crippen LogP contribution in [0.15, 0.2) is 140 Å². The molecule has 7 heteroatoms. The lowest BCUT2D eigenvalue weighted by Crippen LogP contribution is -2.41. The third-order valence-electron chi connectivity index (χ3n) is 10.1. The maximum atomic E-state index is 12.2. The molecule has 1 aliphatic rings. The van der Waals surface area contributed by atoms with Gasteiger partial charge in [-0.05, 0) is 68.0 Å². The smallest absolute Gasteiger partial charge is 0.478 e. The van der Waals surface area contributed by atoms with Crippen LogP contribution in [-0.2, 0) is 14.8 Å². The zero-order chi connectivity index (χ0) is 34.4. The van der Waals surface area contributed by atoms with Crippen LogP contribution >= 0.6 is 0 Å². The van der Waals surface area contributed by atoms with Crippen molar-refractivity contribution >= 4 is 18.6 Å². The summed E-state index contributed by atoms with van der Waals surface area (Å²) in [6.45, 7) is 10.0. The van der Waals surface area contributed by atoms with Crippen LogP contribution in [0, 0.1) is 6.92 Å². The molecule has 0 bridgehead atoms. The number of nitrogens with zero attached hydrogens (tertiary/aromatic N) is 2. The first-order chi connectivity index (χ1) is 23.5. The van der Waals surface area contributed by atoms with E-state index in [1.54, 1.807) is 0 Å². The zero-order valence-corrected chi connectivity index (χ0v) is 28.4. The summed E-state index contributed by atoms with van der Waals surface area (Å²) in [5.41, 5.74) is 6.10. The van der Waals surface area contributed by atoms with Gasteiger partial charge in [0.1, 0.15) is 5.54 Å². The highest BCUT2D eigenvalue weighted by molar-refractivity contribution is 6.63. The molecule has 1 saturated heterocycles. The fraction of sp³-hybridized carbons (Fsp3) is 0.190. The molecule has 7 rings (SSSR count). The van der Waals surface area contributed by atoms with Gasteiger partial charge in [-0.15, -0.1) is 0 Å². The van der Waals surface area contributed by atoms with E-state index in [4.69, 9.17) is 14.4 Å². The van der Waals surface area contributed by atoms with Crippen molar-refractivity contribution in [2.45, 2.75) is 51.4 Å². The molecule has 2 heterocycles. The summed E-state index contributed by atoms with van der Waals surface area (Å²) in [4.78, 5) is 12.2. The van der Waals surface area contributed by atoms with Crippen LogP contribution in [0.4, 0.5) is 0 Å². The Morgan fingerprint density at radius 2 is 1.14 bits per heavy atom. The van der Waals surface area contributed by atoms with Crippen LogP contribution in [-0.4, -0.2) is 39.2 Å². The molecule has 244 valence electrons. The molecule has 0 spiro atoms. The van der Waals surface area contributed by atoms with Gasteiger partial charge in [0.2, 0.25) is 0 Å². The number of benzene rings is 5. The highest BCUT2D eigenvalue weighted by atomic mass is 16.7. The summed E-state index contributed by atoms with van der Waals surface area (Å²) in [5, 5.41) is 15.5. The second-order valence-corrected chi connectivity index (χ2v) is 13.7. The molecule has 0 radical (unpaired) electrons. The molecule has 0 saturated carbocycles. The van der Waals surface area contributed by atoms with Gasteiger partial charge < -0.3 is 14.4 Å².